The summed E-state index contributed by atoms with van der Waals surface area (Å²) in [6.07, 6.45) is 0.538. The van der Waals surface area contributed by atoms with E-state index < -0.39 is 15.7 Å². The van der Waals surface area contributed by atoms with Crippen molar-refractivity contribution in [3.8, 4) is 0 Å². The van der Waals surface area contributed by atoms with Crippen molar-refractivity contribution in [3.63, 3.8) is 0 Å². The molecule has 0 aliphatic carbocycles. The van der Waals surface area contributed by atoms with Crippen molar-refractivity contribution in [3.05, 3.63) is 22.4 Å². The van der Waals surface area contributed by atoms with Gasteiger partial charge in [0.15, 0.2) is 9.84 Å². The first kappa shape index (κ1) is 10.9. The summed E-state index contributed by atoms with van der Waals surface area (Å²) in [6, 6.07) is 2.53. The molecule has 1 aliphatic heterocycles. The van der Waals surface area contributed by atoms with E-state index in [0.717, 1.165) is 0 Å². The van der Waals surface area contributed by atoms with Crippen LogP contribution in [0.4, 0.5) is 10.1 Å². The smallest absolute Gasteiger partial charge is 0.180 e. The van der Waals surface area contributed by atoms with Gasteiger partial charge in [0.2, 0.25) is 0 Å². The van der Waals surface area contributed by atoms with Gasteiger partial charge in [-0.1, -0.05) is 0 Å². The molecule has 0 amide bonds. The minimum atomic E-state index is -3.28. The van der Waals surface area contributed by atoms with Crippen molar-refractivity contribution >= 4 is 31.5 Å². The van der Waals surface area contributed by atoms with Gasteiger partial charge < -0.3 is 5.32 Å². The molecule has 0 atom stereocenters. The van der Waals surface area contributed by atoms with Crippen LogP contribution in [0, 0.1) is 5.82 Å². The summed E-state index contributed by atoms with van der Waals surface area (Å²) in [5.41, 5.74) is 0.355. The zero-order valence-corrected chi connectivity index (χ0v) is 10.2. The molecule has 0 bridgehead atoms. The lowest BCUT2D eigenvalue weighted by Crippen LogP contribution is -2.05. The lowest BCUT2D eigenvalue weighted by atomic mass is 10.3. The summed E-state index contributed by atoms with van der Waals surface area (Å²) in [7, 11) is -3.28. The van der Waals surface area contributed by atoms with Crippen LogP contribution in [0.15, 0.2) is 21.5 Å². The number of rotatable bonds is 0. The van der Waals surface area contributed by atoms with Crippen molar-refractivity contribution in [2.24, 2.45) is 0 Å². The lowest BCUT2D eigenvalue weighted by Gasteiger charge is -2.08. The van der Waals surface area contributed by atoms with E-state index in [0.29, 0.717) is 18.7 Å². The second kappa shape index (κ2) is 3.75. The van der Waals surface area contributed by atoms with Crippen LogP contribution in [0.1, 0.15) is 6.42 Å². The average Bonchev–Trinajstić information content (AvgIpc) is 2.29. The van der Waals surface area contributed by atoms with Gasteiger partial charge in [0, 0.05) is 6.54 Å². The lowest BCUT2D eigenvalue weighted by molar-refractivity contribution is 0.594. The highest BCUT2D eigenvalue weighted by molar-refractivity contribution is 9.10. The van der Waals surface area contributed by atoms with E-state index in [1.165, 1.54) is 12.1 Å². The minimum Gasteiger partial charge on any atom is -0.384 e. The van der Waals surface area contributed by atoms with E-state index in [1.807, 2.05) is 0 Å². The van der Waals surface area contributed by atoms with Crippen molar-refractivity contribution in [2.75, 3.05) is 17.6 Å². The molecule has 0 saturated heterocycles. The molecule has 1 aromatic carbocycles. The summed E-state index contributed by atoms with van der Waals surface area (Å²) in [6.45, 7) is 0.549. The monoisotopic (exact) mass is 293 g/mol. The van der Waals surface area contributed by atoms with Crippen LogP contribution in [0.25, 0.3) is 0 Å². The molecule has 0 radical (unpaired) electrons. The van der Waals surface area contributed by atoms with Crippen molar-refractivity contribution in [1.29, 1.82) is 0 Å². The number of hydrogen-bond acceptors (Lipinski definition) is 3. The van der Waals surface area contributed by atoms with Gasteiger partial charge in [0.05, 0.1) is 20.8 Å². The van der Waals surface area contributed by atoms with Gasteiger partial charge in [-0.15, -0.1) is 0 Å². The van der Waals surface area contributed by atoms with Crippen LogP contribution in [-0.4, -0.2) is 20.7 Å². The Hall–Kier alpha value is -0.620. The zero-order valence-electron chi connectivity index (χ0n) is 7.76. The molecule has 6 heteroatoms. The number of nitrogens with one attached hydrogen (secondary N) is 1. The molecule has 1 aromatic rings. The number of fused-ring (bicyclic) bond motifs is 1. The van der Waals surface area contributed by atoms with Gasteiger partial charge in [-0.25, -0.2) is 12.8 Å². The molecule has 82 valence electrons. The van der Waals surface area contributed by atoms with E-state index in [1.54, 1.807) is 0 Å². The average molecular weight is 294 g/mol. The first-order chi connectivity index (χ1) is 7.00. The van der Waals surface area contributed by atoms with Crippen molar-refractivity contribution in [1.82, 2.24) is 0 Å². The summed E-state index contributed by atoms with van der Waals surface area (Å²) in [5, 5.41) is 2.91. The van der Waals surface area contributed by atoms with Crippen LogP contribution in [-0.2, 0) is 9.84 Å². The van der Waals surface area contributed by atoms with E-state index in [2.05, 4.69) is 21.2 Å². The number of halogens is 2. The predicted octanol–water partition coefficient (Wildman–Crippen LogP) is 2.18. The molecule has 0 saturated carbocycles. The van der Waals surface area contributed by atoms with Crippen LogP contribution in [0.3, 0.4) is 0 Å². The predicted molar refractivity (Wildman–Crippen MR) is 59.3 cm³/mol. The Morgan fingerprint density at radius 2 is 2.13 bits per heavy atom. The summed E-state index contributed by atoms with van der Waals surface area (Å²) in [4.78, 5) is 0.174. The number of sulfone groups is 1. The molecule has 0 spiro atoms. The Morgan fingerprint density at radius 1 is 1.40 bits per heavy atom. The minimum absolute atomic E-state index is 0.102. The third kappa shape index (κ3) is 2.01. The third-order valence-electron chi connectivity index (χ3n) is 2.26. The van der Waals surface area contributed by atoms with E-state index in [9.17, 15) is 12.8 Å². The van der Waals surface area contributed by atoms with Crippen LogP contribution in [0.5, 0.6) is 0 Å². The highest BCUT2D eigenvalue weighted by Crippen LogP contribution is 2.30. The van der Waals surface area contributed by atoms with Crippen LogP contribution < -0.4 is 5.32 Å². The third-order valence-corrected chi connectivity index (χ3v) is 4.70. The van der Waals surface area contributed by atoms with Gasteiger partial charge in [0.1, 0.15) is 5.82 Å². The Balaban J connectivity index is 2.68. The highest BCUT2D eigenvalue weighted by Gasteiger charge is 2.23. The SMILES string of the molecule is O=S1(=O)CCCNc2cc(F)c(Br)cc21. The molecule has 0 aromatic heterocycles. The van der Waals surface area contributed by atoms with Gasteiger partial charge >= 0.3 is 0 Å². The number of anilines is 1. The van der Waals surface area contributed by atoms with Crippen molar-refractivity contribution in [2.45, 2.75) is 11.3 Å². The maximum atomic E-state index is 13.2. The largest absolute Gasteiger partial charge is 0.384 e. The normalized spacial score (nSPS) is 18.8. The molecule has 3 nitrogen and oxygen atoms in total. The fraction of sp³-hybridized carbons (Fsp3) is 0.333. The molecule has 0 unspecified atom stereocenters. The van der Waals surface area contributed by atoms with Crippen LogP contribution in [0.2, 0.25) is 0 Å². The Bertz CT molecular complexity index is 501. The first-order valence-electron chi connectivity index (χ1n) is 4.46. The Labute approximate surface area is 95.7 Å². The fourth-order valence-corrected chi connectivity index (χ4v) is 3.52. The van der Waals surface area contributed by atoms with E-state index in [-0.39, 0.29) is 15.1 Å². The second-order valence-electron chi connectivity index (χ2n) is 3.36. The van der Waals surface area contributed by atoms with Gasteiger partial charge in [0.25, 0.3) is 0 Å². The quantitative estimate of drug-likeness (QED) is 0.746. The Kier molecular flexibility index (Phi) is 2.72. The fourth-order valence-electron chi connectivity index (χ4n) is 1.52. The zero-order chi connectivity index (χ0) is 11.1. The van der Waals surface area contributed by atoms with Crippen LogP contribution >= 0.6 is 15.9 Å². The summed E-state index contributed by atoms with van der Waals surface area (Å²) in [5.74, 6) is -0.358. The topological polar surface area (TPSA) is 46.2 Å². The van der Waals surface area contributed by atoms with E-state index >= 15 is 0 Å². The summed E-state index contributed by atoms with van der Waals surface area (Å²) >= 11 is 2.98. The van der Waals surface area contributed by atoms with Gasteiger partial charge in [-0.2, -0.15) is 0 Å². The van der Waals surface area contributed by atoms with E-state index in [4.69, 9.17) is 0 Å². The molecular formula is C9H9BrFNO2S. The van der Waals surface area contributed by atoms with Gasteiger partial charge in [-0.3, -0.25) is 0 Å². The number of benzene rings is 1. The maximum absolute atomic E-state index is 13.2. The highest BCUT2D eigenvalue weighted by atomic mass is 79.9. The number of hydrogen-bond donors (Lipinski definition) is 1. The second-order valence-corrected chi connectivity index (χ2v) is 6.29. The standard InChI is InChI=1S/C9H9BrFNO2S/c10-6-4-9-8(5-7(6)11)12-2-1-3-15(9,13)14/h4-5,12H,1-3H2. The molecule has 1 N–H and O–H groups in total. The van der Waals surface area contributed by atoms with Gasteiger partial charge in [-0.05, 0) is 34.5 Å². The first-order valence-corrected chi connectivity index (χ1v) is 6.91. The summed E-state index contributed by atoms with van der Waals surface area (Å²) < 4.78 is 36.9. The molecular weight excluding hydrogens is 285 g/mol. The molecule has 1 aliphatic rings. The molecule has 0 fully saturated rings. The molecule has 15 heavy (non-hydrogen) atoms. The Morgan fingerprint density at radius 3 is 2.87 bits per heavy atom. The van der Waals surface area contributed by atoms with Crippen molar-refractivity contribution < 1.29 is 12.8 Å². The maximum Gasteiger partial charge on any atom is 0.180 e. The molecule has 1 heterocycles. The molecule has 2 rings (SSSR count).